The van der Waals surface area contributed by atoms with E-state index in [2.05, 4.69) is 6.92 Å². The SMILES string of the molecule is CCCCS(=O)(=O)C1CC(CC)CCC1CN. The lowest BCUT2D eigenvalue weighted by Gasteiger charge is -2.34. The Morgan fingerprint density at radius 3 is 2.47 bits per heavy atom. The highest BCUT2D eigenvalue weighted by Gasteiger charge is 2.37. The molecule has 0 saturated heterocycles. The highest BCUT2D eigenvalue weighted by Crippen LogP contribution is 2.35. The molecular formula is C13H27NO2S. The first-order valence-corrected chi connectivity index (χ1v) is 8.68. The van der Waals surface area contributed by atoms with Gasteiger partial charge in [0.15, 0.2) is 9.84 Å². The summed E-state index contributed by atoms with van der Waals surface area (Å²) in [4.78, 5) is 0. The van der Waals surface area contributed by atoms with Crippen LogP contribution in [0.4, 0.5) is 0 Å². The van der Waals surface area contributed by atoms with E-state index >= 15 is 0 Å². The van der Waals surface area contributed by atoms with Crippen LogP contribution in [0.2, 0.25) is 0 Å². The van der Waals surface area contributed by atoms with Gasteiger partial charge in [0.25, 0.3) is 0 Å². The minimum Gasteiger partial charge on any atom is -0.330 e. The lowest BCUT2D eigenvalue weighted by molar-refractivity contribution is 0.275. The predicted octanol–water partition coefficient (Wildman–Crippen LogP) is 2.35. The highest BCUT2D eigenvalue weighted by atomic mass is 32.2. The molecule has 0 bridgehead atoms. The largest absolute Gasteiger partial charge is 0.330 e. The average molecular weight is 261 g/mol. The first kappa shape index (κ1) is 15.0. The molecule has 0 aromatic heterocycles. The average Bonchev–Trinajstić information content (AvgIpc) is 2.35. The molecule has 1 rings (SSSR count). The third-order valence-electron chi connectivity index (χ3n) is 4.16. The smallest absolute Gasteiger partial charge is 0.153 e. The van der Waals surface area contributed by atoms with E-state index in [4.69, 9.17) is 5.73 Å². The Morgan fingerprint density at radius 2 is 1.94 bits per heavy atom. The summed E-state index contributed by atoms with van der Waals surface area (Å²) in [5.74, 6) is 1.13. The van der Waals surface area contributed by atoms with Crippen LogP contribution in [0.5, 0.6) is 0 Å². The molecule has 1 aliphatic rings. The number of hydrogen-bond donors (Lipinski definition) is 1. The highest BCUT2D eigenvalue weighted by molar-refractivity contribution is 7.92. The van der Waals surface area contributed by atoms with Crippen molar-refractivity contribution in [2.24, 2.45) is 17.6 Å². The third kappa shape index (κ3) is 3.95. The summed E-state index contributed by atoms with van der Waals surface area (Å²) in [6, 6.07) is 0. The van der Waals surface area contributed by atoms with Gasteiger partial charge in [0.2, 0.25) is 0 Å². The number of rotatable bonds is 6. The van der Waals surface area contributed by atoms with Crippen LogP contribution in [0.1, 0.15) is 52.4 Å². The number of unbranched alkanes of at least 4 members (excludes halogenated alkanes) is 1. The molecular weight excluding hydrogens is 234 g/mol. The summed E-state index contributed by atoms with van der Waals surface area (Å²) in [7, 11) is -2.93. The van der Waals surface area contributed by atoms with Crippen molar-refractivity contribution in [3.8, 4) is 0 Å². The van der Waals surface area contributed by atoms with Crippen molar-refractivity contribution in [1.29, 1.82) is 0 Å². The van der Waals surface area contributed by atoms with Crippen LogP contribution in [-0.2, 0) is 9.84 Å². The molecule has 2 N–H and O–H groups in total. The van der Waals surface area contributed by atoms with Crippen LogP contribution in [0.15, 0.2) is 0 Å². The maximum Gasteiger partial charge on any atom is 0.153 e. The summed E-state index contributed by atoms with van der Waals surface area (Å²) in [5, 5.41) is -0.169. The summed E-state index contributed by atoms with van der Waals surface area (Å²) in [6.45, 7) is 4.71. The van der Waals surface area contributed by atoms with Gasteiger partial charge in [0.05, 0.1) is 11.0 Å². The minimum absolute atomic E-state index is 0.169. The van der Waals surface area contributed by atoms with E-state index in [0.717, 1.165) is 38.5 Å². The predicted molar refractivity (Wildman–Crippen MR) is 72.7 cm³/mol. The van der Waals surface area contributed by atoms with E-state index in [-0.39, 0.29) is 11.2 Å². The first-order valence-electron chi connectivity index (χ1n) is 6.96. The van der Waals surface area contributed by atoms with Gasteiger partial charge in [-0.25, -0.2) is 8.42 Å². The Hall–Kier alpha value is -0.0900. The van der Waals surface area contributed by atoms with Crippen LogP contribution in [0.3, 0.4) is 0 Å². The number of nitrogens with two attached hydrogens (primary N) is 1. The van der Waals surface area contributed by atoms with Crippen molar-refractivity contribution < 1.29 is 8.42 Å². The Bertz CT molecular complexity index is 313. The van der Waals surface area contributed by atoms with Gasteiger partial charge in [-0.3, -0.25) is 0 Å². The molecule has 4 heteroatoms. The molecule has 0 aromatic carbocycles. The molecule has 102 valence electrons. The van der Waals surface area contributed by atoms with Crippen LogP contribution in [0.25, 0.3) is 0 Å². The summed E-state index contributed by atoms with van der Waals surface area (Å²) in [6.07, 6.45) is 5.80. The second kappa shape index (κ2) is 6.74. The standard InChI is InChI=1S/C13H27NO2S/c1-3-5-8-17(15,16)13-9-11(4-2)6-7-12(13)10-14/h11-13H,3-10,14H2,1-2H3. The van der Waals surface area contributed by atoms with Gasteiger partial charge in [0.1, 0.15) is 0 Å². The summed E-state index contributed by atoms with van der Waals surface area (Å²) in [5.41, 5.74) is 5.74. The zero-order valence-corrected chi connectivity index (χ0v) is 12.0. The van der Waals surface area contributed by atoms with Crippen LogP contribution < -0.4 is 5.73 Å². The third-order valence-corrected chi connectivity index (χ3v) is 6.52. The molecule has 1 saturated carbocycles. The van der Waals surface area contributed by atoms with Gasteiger partial charge >= 0.3 is 0 Å². The topological polar surface area (TPSA) is 60.2 Å². The van der Waals surface area contributed by atoms with Gasteiger partial charge in [-0.15, -0.1) is 0 Å². The van der Waals surface area contributed by atoms with E-state index in [9.17, 15) is 8.42 Å². The minimum atomic E-state index is -2.93. The molecule has 0 amide bonds. The number of hydrogen-bond acceptors (Lipinski definition) is 3. The van der Waals surface area contributed by atoms with E-state index < -0.39 is 9.84 Å². The fourth-order valence-electron chi connectivity index (χ4n) is 2.85. The second-order valence-electron chi connectivity index (χ2n) is 5.34. The zero-order chi connectivity index (χ0) is 12.9. The molecule has 0 spiro atoms. The van der Waals surface area contributed by atoms with E-state index in [1.165, 1.54) is 0 Å². The van der Waals surface area contributed by atoms with E-state index in [1.54, 1.807) is 0 Å². The fourth-order valence-corrected chi connectivity index (χ4v) is 5.24. The normalized spacial score (nSPS) is 30.4. The van der Waals surface area contributed by atoms with Crippen LogP contribution in [-0.4, -0.2) is 26.0 Å². The monoisotopic (exact) mass is 261 g/mol. The van der Waals surface area contributed by atoms with Crippen LogP contribution in [0, 0.1) is 11.8 Å². The number of sulfone groups is 1. The Morgan fingerprint density at radius 1 is 1.24 bits per heavy atom. The van der Waals surface area contributed by atoms with Crippen LogP contribution >= 0.6 is 0 Å². The molecule has 0 aromatic rings. The molecule has 3 atom stereocenters. The fraction of sp³-hybridized carbons (Fsp3) is 1.00. The Balaban J connectivity index is 2.74. The van der Waals surface area contributed by atoms with Crippen molar-refractivity contribution in [2.45, 2.75) is 57.6 Å². The van der Waals surface area contributed by atoms with Crippen molar-refractivity contribution in [2.75, 3.05) is 12.3 Å². The van der Waals surface area contributed by atoms with Crippen molar-refractivity contribution in [3.63, 3.8) is 0 Å². The molecule has 0 heterocycles. The van der Waals surface area contributed by atoms with Crippen molar-refractivity contribution >= 4 is 9.84 Å². The lowest BCUT2D eigenvalue weighted by atomic mass is 9.80. The summed E-state index contributed by atoms with van der Waals surface area (Å²) < 4.78 is 24.6. The van der Waals surface area contributed by atoms with Crippen molar-refractivity contribution in [3.05, 3.63) is 0 Å². The zero-order valence-electron chi connectivity index (χ0n) is 11.2. The molecule has 0 radical (unpaired) electrons. The van der Waals surface area contributed by atoms with Gasteiger partial charge in [0, 0.05) is 0 Å². The molecule has 17 heavy (non-hydrogen) atoms. The van der Waals surface area contributed by atoms with Gasteiger partial charge in [-0.05, 0) is 37.6 Å². The molecule has 0 aliphatic heterocycles. The second-order valence-corrected chi connectivity index (χ2v) is 7.68. The maximum atomic E-state index is 12.3. The maximum absolute atomic E-state index is 12.3. The summed E-state index contributed by atoms with van der Waals surface area (Å²) >= 11 is 0. The van der Waals surface area contributed by atoms with Gasteiger partial charge in [-0.1, -0.05) is 33.1 Å². The lowest BCUT2D eigenvalue weighted by Crippen LogP contribution is -2.40. The van der Waals surface area contributed by atoms with E-state index in [0.29, 0.717) is 18.2 Å². The first-order chi connectivity index (χ1) is 8.05. The van der Waals surface area contributed by atoms with Gasteiger partial charge in [-0.2, -0.15) is 0 Å². The molecule has 3 unspecified atom stereocenters. The quantitative estimate of drug-likeness (QED) is 0.798. The molecule has 1 fully saturated rings. The molecule has 3 nitrogen and oxygen atoms in total. The molecule has 1 aliphatic carbocycles. The van der Waals surface area contributed by atoms with Crippen molar-refractivity contribution in [1.82, 2.24) is 0 Å². The Labute approximate surface area is 106 Å². The van der Waals surface area contributed by atoms with Gasteiger partial charge < -0.3 is 5.73 Å². The van der Waals surface area contributed by atoms with E-state index in [1.807, 2.05) is 6.92 Å². The Kier molecular flexibility index (Phi) is 5.93.